The lowest BCUT2D eigenvalue weighted by Gasteiger charge is -2.08. The Morgan fingerprint density at radius 2 is 2.30 bits per heavy atom. The fourth-order valence-electron chi connectivity index (χ4n) is 1.72. The molecule has 1 amide bonds. The molecule has 106 valence electrons. The van der Waals surface area contributed by atoms with Gasteiger partial charge < -0.3 is 10.6 Å². The van der Waals surface area contributed by atoms with Crippen LogP contribution in [0.1, 0.15) is 22.6 Å². The minimum atomic E-state index is -0.546. The summed E-state index contributed by atoms with van der Waals surface area (Å²) in [7, 11) is 1.63. The molecule has 0 saturated heterocycles. The van der Waals surface area contributed by atoms with Crippen molar-refractivity contribution in [2.45, 2.75) is 12.8 Å². The van der Waals surface area contributed by atoms with E-state index in [0.717, 1.165) is 18.1 Å². The lowest BCUT2D eigenvalue weighted by atomic mass is 10.2. The second kappa shape index (κ2) is 6.60. The van der Waals surface area contributed by atoms with Gasteiger partial charge >= 0.3 is 0 Å². The van der Waals surface area contributed by atoms with Gasteiger partial charge in [-0.15, -0.1) is 0 Å². The Kier molecular flexibility index (Phi) is 4.59. The number of nitrogens with one attached hydrogen (secondary N) is 3. The third-order valence-corrected chi connectivity index (χ3v) is 2.68. The average Bonchev–Trinajstić information content (AvgIpc) is 2.96. The van der Waals surface area contributed by atoms with Gasteiger partial charge in [-0.2, -0.15) is 5.10 Å². The molecule has 2 aromatic heterocycles. The van der Waals surface area contributed by atoms with Gasteiger partial charge in [0.2, 0.25) is 0 Å². The molecule has 7 nitrogen and oxygen atoms in total. The third kappa shape index (κ3) is 3.50. The van der Waals surface area contributed by atoms with E-state index in [1.165, 1.54) is 6.33 Å². The van der Waals surface area contributed by atoms with Crippen LogP contribution in [0.15, 0.2) is 18.6 Å². The largest absolute Gasteiger partial charge is 0.372 e. The number of rotatable bonds is 6. The lowest BCUT2D eigenvalue weighted by molar-refractivity contribution is 0.0953. The first-order valence-electron chi connectivity index (χ1n) is 6.16. The Morgan fingerprint density at radius 3 is 3.00 bits per heavy atom. The molecular formula is C12H15FN6O. The second-order valence-corrected chi connectivity index (χ2v) is 4.09. The molecule has 0 aliphatic rings. The van der Waals surface area contributed by atoms with E-state index in [9.17, 15) is 9.18 Å². The van der Waals surface area contributed by atoms with E-state index in [-0.39, 0.29) is 11.5 Å². The number of carbonyl (C=O) groups excluding carboxylic acids is 1. The number of amides is 1. The minimum absolute atomic E-state index is 0.187. The van der Waals surface area contributed by atoms with E-state index in [0.29, 0.717) is 25.2 Å². The summed E-state index contributed by atoms with van der Waals surface area (Å²) in [4.78, 5) is 19.7. The second-order valence-electron chi connectivity index (χ2n) is 4.09. The Balaban J connectivity index is 1.87. The van der Waals surface area contributed by atoms with Crippen LogP contribution < -0.4 is 10.6 Å². The predicted molar refractivity (Wildman–Crippen MR) is 70.8 cm³/mol. The van der Waals surface area contributed by atoms with Crippen molar-refractivity contribution in [1.29, 1.82) is 0 Å². The molecule has 20 heavy (non-hydrogen) atoms. The number of hydrogen-bond acceptors (Lipinski definition) is 5. The maximum absolute atomic E-state index is 13.1. The highest BCUT2D eigenvalue weighted by atomic mass is 19.1. The van der Waals surface area contributed by atoms with Crippen LogP contribution in [-0.2, 0) is 6.42 Å². The standard InChI is InChI=1S/C12H15FN6O/c1-14-11-9(5-8(13)6-16-11)12(20)15-4-2-3-10-17-7-18-19-10/h5-7H,2-4H2,1H3,(H,14,16)(H,15,20)(H,17,18,19). The van der Waals surface area contributed by atoms with Crippen molar-refractivity contribution in [3.8, 4) is 0 Å². The summed E-state index contributed by atoms with van der Waals surface area (Å²) in [6.07, 6.45) is 3.89. The van der Waals surface area contributed by atoms with Gasteiger partial charge in [0.15, 0.2) is 0 Å². The van der Waals surface area contributed by atoms with Gasteiger partial charge in [0.1, 0.15) is 23.8 Å². The molecule has 0 saturated carbocycles. The Morgan fingerprint density at radius 1 is 1.45 bits per heavy atom. The van der Waals surface area contributed by atoms with Crippen LogP contribution in [0.5, 0.6) is 0 Å². The van der Waals surface area contributed by atoms with Crippen molar-refractivity contribution in [2.24, 2.45) is 0 Å². The van der Waals surface area contributed by atoms with Gasteiger partial charge in [0.05, 0.1) is 11.8 Å². The topological polar surface area (TPSA) is 95.6 Å². The number of nitrogens with zero attached hydrogens (tertiary/aromatic N) is 3. The first-order valence-corrected chi connectivity index (χ1v) is 6.16. The van der Waals surface area contributed by atoms with Crippen LogP contribution in [0.4, 0.5) is 10.2 Å². The molecule has 3 N–H and O–H groups in total. The number of pyridine rings is 1. The number of aryl methyl sites for hydroxylation is 1. The summed E-state index contributed by atoms with van der Waals surface area (Å²) < 4.78 is 13.1. The summed E-state index contributed by atoms with van der Waals surface area (Å²) in [5, 5.41) is 11.9. The number of anilines is 1. The predicted octanol–water partition coefficient (Wildman–Crippen LogP) is 0.743. The van der Waals surface area contributed by atoms with E-state index in [2.05, 4.69) is 30.8 Å². The summed E-state index contributed by atoms with van der Waals surface area (Å²) in [5.74, 6) is 0.205. The minimum Gasteiger partial charge on any atom is -0.372 e. The average molecular weight is 278 g/mol. The van der Waals surface area contributed by atoms with Gasteiger partial charge in [-0.1, -0.05) is 0 Å². The molecule has 2 heterocycles. The van der Waals surface area contributed by atoms with E-state index in [1.54, 1.807) is 7.05 Å². The highest BCUT2D eigenvalue weighted by molar-refractivity contribution is 5.98. The van der Waals surface area contributed by atoms with Gasteiger partial charge in [-0.25, -0.2) is 14.4 Å². The van der Waals surface area contributed by atoms with Crippen LogP contribution in [-0.4, -0.2) is 39.7 Å². The van der Waals surface area contributed by atoms with Crippen molar-refractivity contribution >= 4 is 11.7 Å². The molecule has 0 aliphatic heterocycles. The van der Waals surface area contributed by atoms with E-state index in [4.69, 9.17) is 0 Å². The molecule has 0 unspecified atom stereocenters. The van der Waals surface area contributed by atoms with Crippen LogP contribution >= 0.6 is 0 Å². The third-order valence-electron chi connectivity index (χ3n) is 2.68. The maximum atomic E-state index is 13.1. The smallest absolute Gasteiger partial charge is 0.255 e. The fraction of sp³-hybridized carbons (Fsp3) is 0.333. The van der Waals surface area contributed by atoms with Crippen LogP contribution in [0.2, 0.25) is 0 Å². The molecule has 8 heteroatoms. The van der Waals surface area contributed by atoms with Gasteiger partial charge in [-0.3, -0.25) is 9.89 Å². The number of halogens is 1. The summed E-state index contributed by atoms with van der Waals surface area (Å²) in [6, 6.07) is 1.16. The Labute approximate surface area is 115 Å². The zero-order chi connectivity index (χ0) is 14.4. The number of aromatic amines is 1. The normalized spacial score (nSPS) is 10.3. The Bertz CT molecular complexity index is 571. The maximum Gasteiger partial charge on any atom is 0.255 e. The molecule has 0 bridgehead atoms. The molecule has 2 aromatic rings. The summed E-state index contributed by atoms with van der Waals surface area (Å²) in [5.41, 5.74) is 0.187. The monoisotopic (exact) mass is 278 g/mol. The first-order chi connectivity index (χ1) is 9.70. The number of hydrogen-bond donors (Lipinski definition) is 3. The zero-order valence-corrected chi connectivity index (χ0v) is 11.0. The van der Waals surface area contributed by atoms with Crippen molar-refractivity contribution < 1.29 is 9.18 Å². The van der Waals surface area contributed by atoms with E-state index < -0.39 is 5.82 Å². The van der Waals surface area contributed by atoms with Gasteiger partial charge in [0.25, 0.3) is 5.91 Å². The first kappa shape index (κ1) is 13.9. The van der Waals surface area contributed by atoms with Crippen LogP contribution in [0.3, 0.4) is 0 Å². The molecular weight excluding hydrogens is 263 g/mol. The van der Waals surface area contributed by atoms with Crippen molar-refractivity contribution in [1.82, 2.24) is 25.5 Å². The number of H-pyrrole nitrogens is 1. The molecule has 2 rings (SSSR count). The van der Waals surface area contributed by atoms with Gasteiger partial charge in [0, 0.05) is 20.0 Å². The fourth-order valence-corrected chi connectivity index (χ4v) is 1.72. The lowest BCUT2D eigenvalue weighted by Crippen LogP contribution is -2.26. The van der Waals surface area contributed by atoms with E-state index >= 15 is 0 Å². The molecule has 0 fully saturated rings. The molecule has 0 spiro atoms. The van der Waals surface area contributed by atoms with Crippen molar-refractivity contribution in [2.75, 3.05) is 18.9 Å². The van der Waals surface area contributed by atoms with E-state index in [1.807, 2.05) is 0 Å². The van der Waals surface area contributed by atoms with Crippen LogP contribution in [0, 0.1) is 5.82 Å². The number of carbonyl (C=O) groups is 1. The number of aromatic nitrogens is 4. The molecule has 0 atom stereocenters. The summed E-state index contributed by atoms with van der Waals surface area (Å²) >= 11 is 0. The summed E-state index contributed by atoms with van der Waals surface area (Å²) in [6.45, 7) is 0.458. The highest BCUT2D eigenvalue weighted by Crippen LogP contribution is 2.12. The van der Waals surface area contributed by atoms with Crippen molar-refractivity contribution in [3.05, 3.63) is 35.8 Å². The highest BCUT2D eigenvalue weighted by Gasteiger charge is 2.12. The molecule has 0 aliphatic carbocycles. The molecule has 0 aromatic carbocycles. The van der Waals surface area contributed by atoms with Crippen molar-refractivity contribution in [3.63, 3.8) is 0 Å². The zero-order valence-electron chi connectivity index (χ0n) is 11.0. The van der Waals surface area contributed by atoms with Gasteiger partial charge in [-0.05, 0) is 12.5 Å². The quantitative estimate of drug-likeness (QED) is 0.677. The molecule has 0 radical (unpaired) electrons. The van der Waals surface area contributed by atoms with Crippen LogP contribution in [0.25, 0.3) is 0 Å². The SMILES string of the molecule is CNc1ncc(F)cc1C(=O)NCCCc1ncn[nH]1. The Hall–Kier alpha value is -2.51.